The third-order valence-corrected chi connectivity index (χ3v) is 2.88. The number of ether oxygens (including phenoxy) is 2. The topological polar surface area (TPSA) is 102 Å². The van der Waals surface area contributed by atoms with Gasteiger partial charge in [-0.2, -0.15) is 0 Å². The molecule has 0 bridgehead atoms. The standard InChI is InChI=1S/C14H21NO5/c1-19-12-9-11(15)10(14(17)18)8-13(12)20-7-5-3-2-4-6-16/h8-9,16H,2-7,15H2,1H3,(H,17,18). The van der Waals surface area contributed by atoms with Gasteiger partial charge in [0.15, 0.2) is 11.5 Å². The Morgan fingerprint density at radius 1 is 1.20 bits per heavy atom. The van der Waals surface area contributed by atoms with Crippen LogP contribution in [0.15, 0.2) is 12.1 Å². The zero-order valence-corrected chi connectivity index (χ0v) is 11.6. The molecule has 0 fully saturated rings. The van der Waals surface area contributed by atoms with Crippen LogP contribution >= 0.6 is 0 Å². The molecule has 0 unspecified atom stereocenters. The fourth-order valence-electron chi connectivity index (χ4n) is 1.78. The lowest BCUT2D eigenvalue weighted by Crippen LogP contribution is -2.06. The lowest BCUT2D eigenvalue weighted by atomic mass is 10.1. The molecule has 1 aromatic rings. The van der Waals surface area contributed by atoms with Crippen LogP contribution in [0.4, 0.5) is 5.69 Å². The molecule has 0 aliphatic carbocycles. The van der Waals surface area contributed by atoms with Crippen molar-refractivity contribution >= 4 is 11.7 Å². The van der Waals surface area contributed by atoms with Crippen molar-refractivity contribution in [3.05, 3.63) is 17.7 Å². The van der Waals surface area contributed by atoms with Crippen LogP contribution in [0.5, 0.6) is 11.5 Å². The Morgan fingerprint density at radius 2 is 1.90 bits per heavy atom. The van der Waals surface area contributed by atoms with E-state index in [2.05, 4.69) is 0 Å². The number of aliphatic hydroxyl groups excluding tert-OH is 1. The number of rotatable bonds is 9. The third kappa shape index (κ3) is 4.62. The number of nitrogens with two attached hydrogens (primary N) is 1. The van der Waals surface area contributed by atoms with Crippen LogP contribution < -0.4 is 15.2 Å². The Bertz CT molecular complexity index is 447. The van der Waals surface area contributed by atoms with Gasteiger partial charge in [-0.25, -0.2) is 4.79 Å². The van der Waals surface area contributed by atoms with Gasteiger partial charge in [0, 0.05) is 18.7 Å². The van der Waals surface area contributed by atoms with E-state index in [0.717, 1.165) is 25.7 Å². The first-order chi connectivity index (χ1) is 9.60. The summed E-state index contributed by atoms with van der Waals surface area (Å²) in [6, 6.07) is 2.83. The van der Waals surface area contributed by atoms with Crippen molar-refractivity contribution in [3.8, 4) is 11.5 Å². The lowest BCUT2D eigenvalue weighted by Gasteiger charge is -2.13. The molecule has 0 spiro atoms. The van der Waals surface area contributed by atoms with E-state index in [4.69, 9.17) is 25.4 Å². The molecule has 0 aliphatic rings. The van der Waals surface area contributed by atoms with Crippen LogP contribution in [0.1, 0.15) is 36.0 Å². The maximum absolute atomic E-state index is 11.0. The Labute approximate surface area is 118 Å². The van der Waals surface area contributed by atoms with E-state index in [1.807, 2.05) is 0 Å². The highest BCUT2D eigenvalue weighted by molar-refractivity contribution is 5.94. The molecule has 0 amide bonds. The summed E-state index contributed by atoms with van der Waals surface area (Å²) in [6.45, 7) is 0.666. The van der Waals surface area contributed by atoms with Gasteiger partial charge in [0.2, 0.25) is 0 Å². The molecule has 0 atom stereocenters. The van der Waals surface area contributed by atoms with Gasteiger partial charge < -0.3 is 25.4 Å². The number of anilines is 1. The third-order valence-electron chi connectivity index (χ3n) is 2.88. The number of carbonyl (C=O) groups is 1. The van der Waals surface area contributed by atoms with Crippen molar-refractivity contribution in [2.24, 2.45) is 0 Å². The molecule has 1 rings (SSSR count). The summed E-state index contributed by atoms with van der Waals surface area (Å²) in [7, 11) is 1.48. The summed E-state index contributed by atoms with van der Waals surface area (Å²) >= 11 is 0. The molecular weight excluding hydrogens is 262 g/mol. The number of hydrogen-bond acceptors (Lipinski definition) is 5. The Balaban J connectivity index is 2.63. The predicted octanol–water partition coefficient (Wildman–Crippen LogP) is 1.91. The van der Waals surface area contributed by atoms with E-state index in [9.17, 15) is 4.79 Å². The number of methoxy groups -OCH3 is 1. The molecule has 0 saturated carbocycles. The van der Waals surface area contributed by atoms with Crippen molar-refractivity contribution in [2.45, 2.75) is 25.7 Å². The van der Waals surface area contributed by atoms with E-state index in [0.29, 0.717) is 18.1 Å². The van der Waals surface area contributed by atoms with Crippen molar-refractivity contribution in [1.29, 1.82) is 0 Å². The maximum atomic E-state index is 11.0. The van der Waals surface area contributed by atoms with E-state index in [1.54, 1.807) is 0 Å². The molecule has 4 N–H and O–H groups in total. The van der Waals surface area contributed by atoms with Crippen LogP contribution in [0.2, 0.25) is 0 Å². The largest absolute Gasteiger partial charge is 0.493 e. The fraction of sp³-hybridized carbons (Fsp3) is 0.500. The Hall–Kier alpha value is -1.95. The molecule has 0 heterocycles. The average molecular weight is 283 g/mol. The molecule has 1 aromatic carbocycles. The smallest absolute Gasteiger partial charge is 0.337 e. The monoisotopic (exact) mass is 283 g/mol. The molecule has 0 saturated heterocycles. The molecule has 112 valence electrons. The highest BCUT2D eigenvalue weighted by Gasteiger charge is 2.14. The van der Waals surface area contributed by atoms with Crippen molar-refractivity contribution < 1.29 is 24.5 Å². The summed E-state index contributed by atoms with van der Waals surface area (Å²) in [4.78, 5) is 11.0. The number of aliphatic hydroxyl groups is 1. The molecule has 20 heavy (non-hydrogen) atoms. The van der Waals surface area contributed by atoms with Gasteiger partial charge in [-0.15, -0.1) is 0 Å². The van der Waals surface area contributed by atoms with Gasteiger partial charge >= 0.3 is 5.97 Å². The van der Waals surface area contributed by atoms with E-state index in [1.165, 1.54) is 19.2 Å². The van der Waals surface area contributed by atoms with Crippen molar-refractivity contribution in [2.75, 3.05) is 26.1 Å². The minimum absolute atomic E-state index is 0.00100. The second kappa shape index (κ2) is 8.27. The van der Waals surface area contributed by atoms with Gasteiger partial charge in [-0.1, -0.05) is 6.42 Å². The lowest BCUT2D eigenvalue weighted by molar-refractivity contribution is 0.0697. The SMILES string of the molecule is COc1cc(N)c(C(=O)O)cc1OCCCCCCO. The number of unbranched alkanes of at least 4 members (excludes halogenated alkanes) is 3. The maximum Gasteiger partial charge on any atom is 0.337 e. The first kappa shape index (κ1) is 16.1. The summed E-state index contributed by atoms with van der Waals surface area (Å²) < 4.78 is 10.7. The molecule has 0 aromatic heterocycles. The molecule has 0 aliphatic heterocycles. The molecule has 0 radical (unpaired) electrons. The summed E-state index contributed by atoms with van der Waals surface area (Å²) in [5.41, 5.74) is 5.78. The molecular formula is C14H21NO5. The van der Waals surface area contributed by atoms with Crippen molar-refractivity contribution in [3.63, 3.8) is 0 Å². The number of carboxylic acids is 1. The van der Waals surface area contributed by atoms with E-state index in [-0.39, 0.29) is 17.9 Å². The van der Waals surface area contributed by atoms with Crippen LogP contribution in [-0.2, 0) is 0 Å². The summed E-state index contributed by atoms with van der Waals surface area (Å²) in [6.07, 6.45) is 3.51. The highest BCUT2D eigenvalue weighted by atomic mass is 16.5. The highest BCUT2D eigenvalue weighted by Crippen LogP contribution is 2.32. The van der Waals surface area contributed by atoms with Gasteiger partial charge in [-0.05, 0) is 19.3 Å². The Kier molecular flexibility index (Phi) is 6.66. The predicted molar refractivity (Wildman–Crippen MR) is 75.4 cm³/mol. The average Bonchev–Trinajstić information content (AvgIpc) is 2.43. The van der Waals surface area contributed by atoms with Gasteiger partial charge in [-0.3, -0.25) is 0 Å². The first-order valence-electron chi connectivity index (χ1n) is 6.54. The number of aromatic carboxylic acids is 1. The van der Waals surface area contributed by atoms with Gasteiger partial charge in [0.1, 0.15) is 0 Å². The van der Waals surface area contributed by atoms with E-state index >= 15 is 0 Å². The second-order valence-corrected chi connectivity index (χ2v) is 4.38. The zero-order chi connectivity index (χ0) is 15.0. The van der Waals surface area contributed by atoms with Crippen LogP contribution in [0.3, 0.4) is 0 Å². The minimum atomic E-state index is -1.10. The van der Waals surface area contributed by atoms with Gasteiger partial charge in [0.05, 0.1) is 25.0 Å². The minimum Gasteiger partial charge on any atom is -0.493 e. The second-order valence-electron chi connectivity index (χ2n) is 4.38. The molecule has 6 heteroatoms. The van der Waals surface area contributed by atoms with Gasteiger partial charge in [0.25, 0.3) is 0 Å². The number of hydrogen-bond donors (Lipinski definition) is 3. The Morgan fingerprint density at radius 3 is 2.50 bits per heavy atom. The van der Waals surface area contributed by atoms with E-state index < -0.39 is 5.97 Å². The van der Waals surface area contributed by atoms with Crippen molar-refractivity contribution in [1.82, 2.24) is 0 Å². The molecule has 6 nitrogen and oxygen atoms in total. The van der Waals surface area contributed by atoms with Crippen LogP contribution in [0, 0.1) is 0 Å². The van der Waals surface area contributed by atoms with Crippen LogP contribution in [-0.4, -0.2) is 36.5 Å². The number of benzene rings is 1. The quantitative estimate of drug-likeness (QED) is 0.472. The number of nitrogen functional groups attached to an aromatic ring is 1. The normalized spacial score (nSPS) is 10.3. The number of carboxylic acid groups (broad SMARTS) is 1. The van der Waals surface area contributed by atoms with Crippen LogP contribution in [0.25, 0.3) is 0 Å². The summed E-state index contributed by atoms with van der Waals surface area (Å²) in [5.74, 6) is -0.304. The zero-order valence-electron chi connectivity index (χ0n) is 11.6. The fourth-order valence-corrected chi connectivity index (χ4v) is 1.78. The first-order valence-corrected chi connectivity index (χ1v) is 6.54. The summed E-state index contributed by atoms with van der Waals surface area (Å²) in [5, 5.41) is 17.7.